The van der Waals surface area contributed by atoms with Crippen molar-refractivity contribution >= 4 is 98.6 Å². The second kappa shape index (κ2) is 30.7. The Morgan fingerprint density at radius 2 is 0.989 bits per heavy atom. The predicted octanol–water partition coefficient (Wildman–Crippen LogP) is 2.95. The Morgan fingerprint density at radius 1 is 0.602 bits per heavy atom. The summed E-state index contributed by atoms with van der Waals surface area (Å²) in [7, 11) is -14.3. The Balaban J connectivity index is 0.000000488. The molecule has 3 aromatic rings. The first-order valence-electron chi connectivity index (χ1n) is 27.9. The van der Waals surface area contributed by atoms with Crippen LogP contribution >= 0.6 is 0 Å². The molecule has 3 atom stereocenters. The van der Waals surface area contributed by atoms with E-state index in [0.717, 1.165) is 88.9 Å². The van der Waals surface area contributed by atoms with Gasteiger partial charge in [-0.2, -0.15) is 0 Å². The fourth-order valence-electron chi connectivity index (χ4n) is 9.68. The molecule has 4 amide bonds. The molecule has 0 saturated carbocycles. The number of amides is 4. The van der Waals surface area contributed by atoms with Crippen LogP contribution in [0.4, 0.5) is 0 Å². The first kappa shape index (κ1) is 77.5. The summed E-state index contributed by atoms with van der Waals surface area (Å²) < 4.78 is 102. The van der Waals surface area contributed by atoms with E-state index in [-0.39, 0.29) is 24.5 Å². The number of aryl methyl sites for hydroxylation is 1. The Kier molecular flexibility index (Phi) is 27.1. The van der Waals surface area contributed by atoms with Crippen molar-refractivity contribution in [3.63, 3.8) is 0 Å². The number of rotatable bonds is 18. The van der Waals surface area contributed by atoms with Crippen molar-refractivity contribution in [3.05, 3.63) is 66.0 Å². The molecular weight excluding hydrogens is 1230 g/mol. The lowest BCUT2D eigenvalue weighted by atomic mass is 9.70. The number of primary sulfonamides is 1. The number of aromatic nitrogens is 2. The highest BCUT2D eigenvalue weighted by Crippen LogP contribution is 2.45. The number of fused-ring (bicyclic) bond motifs is 3. The predicted molar refractivity (Wildman–Crippen MR) is 326 cm³/mol. The number of nitrogens with zero attached hydrogens (tertiary/aromatic N) is 4. The van der Waals surface area contributed by atoms with Crippen LogP contribution in [-0.2, 0) is 93.3 Å². The van der Waals surface area contributed by atoms with Gasteiger partial charge in [0.05, 0.1) is 49.3 Å². The van der Waals surface area contributed by atoms with Crippen LogP contribution < -0.4 is 19.3 Å². The number of carbonyl (C=O) groups is 8. The van der Waals surface area contributed by atoms with Gasteiger partial charge >= 0.3 is 23.9 Å². The van der Waals surface area contributed by atoms with Gasteiger partial charge in [0.25, 0.3) is 0 Å². The van der Waals surface area contributed by atoms with Crippen LogP contribution in [0.2, 0.25) is 0 Å². The number of carboxylic acids is 2. The van der Waals surface area contributed by atoms with E-state index in [1.165, 1.54) is 65.5 Å². The number of hydrogen-bond acceptors (Lipinski definition) is 20. The molecule has 3 fully saturated rings. The van der Waals surface area contributed by atoms with E-state index in [9.17, 15) is 72.0 Å². The number of nitrogens with one attached hydrogen (secondary N) is 3. The van der Waals surface area contributed by atoms with Gasteiger partial charge in [-0.15, -0.1) is 0 Å². The number of likely N-dealkylation sites (tertiary alicyclic amines) is 1. The Labute approximate surface area is 516 Å². The van der Waals surface area contributed by atoms with Crippen LogP contribution in [-0.4, -0.2) is 181 Å². The molecule has 1 unspecified atom stereocenters. The number of carboxylic acid groups (broad SMARTS) is 2. The van der Waals surface area contributed by atoms with Crippen molar-refractivity contribution in [2.45, 2.75) is 145 Å². The molecule has 4 heterocycles. The number of ether oxygens (including phenoxy) is 2. The molecule has 0 aliphatic carbocycles. The van der Waals surface area contributed by atoms with E-state index in [2.05, 4.69) is 79.5 Å². The molecule has 7 N–H and O–H groups in total. The number of nitrogens with two attached hydrogens (primary N) is 1. The summed E-state index contributed by atoms with van der Waals surface area (Å²) in [6.07, 6.45) is 10.9. The van der Waals surface area contributed by atoms with E-state index in [1.807, 2.05) is 10.8 Å². The van der Waals surface area contributed by atoms with Gasteiger partial charge < -0.3 is 29.2 Å². The van der Waals surface area contributed by atoms with E-state index < -0.39 is 103 Å². The lowest BCUT2D eigenvalue weighted by molar-refractivity contribution is -0.166. The molecule has 0 radical (unpaired) electrons. The van der Waals surface area contributed by atoms with Crippen LogP contribution in [0.25, 0.3) is 11.0 Å². The van der Waals surface area contributed by atoms with E-state index >= 15 is 0 Å². The highest BCUT2D eigenvalue weighted by atomic mass is 32.2. The maximum atomic E-state index is 13.5. The summed E-state index contributed by atoms with van der Waals surface area (Å²) in [5, 5.41) is 21.4. The van der Waals surface area contributed by atoms with Gasteiger partial charge in [0.2, 0.25) is 63.7 Å². The molecule has 496 valence electrons. The SMILES string of the molecule is CC(C)(C(=O)O)C(=O)NS(C)(=O)=O.CCOC(=O)C(C)(C)C(=O)NS(C)(=O)=O.CCOC(=O)C(C)(C)C(=O)O.CS(N)(=O)=O.Cc1nc2ccccc2n1C1C[C@H]2CC[C@@H](C1)N2CCC1(c2ccccc2)CCN(C(=O)C(C)(C)C(=O)NS(C)(=O)=O)CC1. The summed E-state index contributed by atoms with van der Waals surface area (Å²) in [6, 6.07) is 20.7. The van der Waals surface area contributed by atoms with Crippen molar-refractivity contribution in [3.8, 4) is 0 Å². The van der Waals surface area contributed by atoms with Gasteiger partial charge in [-0.3, -0.25) is 57.4 Å². The van der Waals surface area contributed by atoms with Crippen molar-refractivity contribution in [1.82, 2.24) is 33.5 Å². The average molecular weight is 1320 g/mol. The third kappa shape index (κ3) is 22.8. The fourth-order valence-corrected chi connectivity index (χ4v) is 11.5. The highest BCUT2D eigenvalue weighted by molar-refractivity contribution is 7.90. The second-order valence-electron chi connectivity index (χ2n) is 23.9. The maximum absolute atomic E-state index is 13.5. The zero-order valence-corrected chi connectivity index (χ0v) is 55.9. The summed E-state index contributed by atoms with van der Waals surface area (Å²) in [5.41, 5.74) is -2.61. The minimum absolute atomic E-state index is 0.0649. The lowest BCUT2D eigenvalue weighted by Gasteiger charge is -2.46. The molecule has 2 aromatic carbocycles. The largest absolute Gasteiger partial charge is 0.480 e. The normalized spacial score (nSPS) is 17.9. The molecule has 2 bridgehead atoms. The van der Waals surface area contributed by atoms with Crippen molar-refractivity contribution < 1.29 is 91.7 Å². The highest BCUT2D eigenvalue weighted by Gasteiger charge is 2.47. The second-order valence-corrected chi connectivity index (χ2v) is 30.8. The van der Waals surface area contributed by atoms with Crippen molar-refractivity contribution in [1.29, 1.82) is 0 Å². The number of hydrogen-bond donors (Lipinski definition) is 6. The number of carbonyl (C=O) groups excluding carboxylic acids is 6. The van der Waals surface area contributed by atoms with Crippen LogP contribution in [0.5, 0.6) is 0 Å². The molecule has 3 aliphatic heterocycles. The first-order chi connectivity index (χ1) is 40.0. The van der Waals surface area contributed by atoms with Gasteiger partial charge in [0.15, 0.2) is 5.41 Å². The summed E-state index contributed by atoms with van der Waals surface area (Å²) in [4.78, 5) is 101. The number of esters is 2. The molecule has 6 rings (SSSR count). The average Bonchev–Trinajstić information content (AvgIpc) is 4.06. The fraction of sp³-hybridized carbons (Fsp3) is 0.625. The molecule has 3 aliphatic rings. The number of aliphatic carboxylic acids is 2. The number of para-hydroxylation sites is 2. The van der Waals surface area contributed by atoms with Gasteiger partial charge in [0.1, 0.15) is 22.1 Å². The minimum Gasteiger partial charge on any atom is -0.480 e. The van der Waals surface area contributed by atoms with Gasteiger partial charge in [-0.1, -0.05) is 42.5 Å². The zero-order valence-electron chi connectivity index (χ0n) is 52.7. The maximum Gasteiger partial charge on any atom is 0.322 e. The number of benzene rings is 2. The molecule has 32 heteroatoms. The molecule has 3 saturated heterocycles. The first-order valence-corrected chi connectivity index (χ1v) is 35.5. The molecular formula is C56H88N8O20S4. The van der Waals surface area contributed by atoms with Crippen LogP contribution in [0.1, 0.15) is 132 Å². The Morgan fingerprint density at radius 3 is 1.40 bits per heavy atom. The molecule has 1 aromatic heterocycles. The Bertz CT molecular complexity index is 3450. The summed E-state index contributed by atoms with van der Waals surface area (Å²) in [6.45, 7) is 18.3. The minimum atomic E-state index is -3.76. The van der Waals surface area contributed by atoms with Crippen LogP contribution in [0, 0.1) is 28.6 Å². The summed E-state index contributed by atoms with van der Waals surface area (Å²) >= 11 is 0. The van der Waals surface area contributed by atoms with Crippen LogP contribution in [0.3, 0.4) is 0 Å². The summed E-state index contributed by atoms with van der Waals surface area (Å²) in [5.74, 6) is -5.98. The van der Waals surface area contributed by atoms with Crippen molar-refractivity contribution in [2.24, 2.45) is 26.8 Å². The molecule has 0 spiro atoms. The Hall–Kier alpha value is -6.61. The van der Waals surface area contributed by atoms with Gasteiger partial charge in [-0.05, 0) is 151 Å². The smallest absolute Gasteiger partial charge is 0.322 e. The zero-order chi connectivity index (χ0) is 68.0. The quantitative estimate of drug-likeness (QED) is 0.0787. The van der Waals surface area contributed by atoms with Gasteiger partial charge in [0, 0.05) is 31.2 Å². The van der Waals surface area contributed by atoms with E-state index in [0.29, 0.717) is 31.2 Å². The standard InChI is InChI=1S/C34H45N5O4S.C8H15NO5S.C7H12O4.C6H11NO5S.CH5NO2S/c1-24-35-29-12-8-9-13-30(29)39(24)28-22-26-14-15-27(23-28)38(26)21-18-34(25-10-6-5-7-11-25)16-19-37(20-17-34)32(41)33(2,3)31(40)36-44(4,42)43;1-5-14-7(11)8(2,3)6(10)9-15(4,12)13;1-4-11-6(10)7(2,3)5(8)9;1-6(2,5(9)10)4(8)7-13(3,11)12;1-5(2,3)4/h5-13,26-28H,14-23H2,1-4H3,(H,36,40);5H2,1-4H3,(H,9,10);4H2,1-3H3,(H,8,9);1-3H3,(H,7,8)(H,9,10);1H3,(H2,2,3,4)/t26-,27+,28?;;;;. The van der Waals surface area contributed by atoms with Crippen molar-refractivity contribution in [2.75, 3.05) is 57.9 Å². The molecule has 28 nitrogen and oxygen atoms in total. The lowest BCUT2D eigenvalue weighted by Crippen LogP contribution is -2.54. The number of piperidine rings is 2. The third-order valence-electron chi connectivity index (χ3n) is 15.0. The van der Waals surface area contributed by atoms with Gasteiger partial charge in [-0.25, -0.2) is 43.8 Å². The third-order valence-corrected chi connectivity index (χ3v) is 16.6. The topological polar surface area (TPSA) is 418 Å². The number of sulfonamides is 4. The molecule has 88 heavy (non-hydrogen) atoms. The van der Waals surface area contributed by atoms with E-state index in [4.69, 9.17) is 15.2 Å². The number of imidazole rings is 1. The monoisotopic (exact) mass is 1320 g/mol. The van der Waals surface area contributed by atoms with E-state index in [1.54, 1.807) is 28.2 Å². The van der Waals surface area contributed by atoms with Crippen LogP contribution in [0.15, 0.2) is 54.6 Å².